The maximum absolute atomic E-state index is 16.9. The number of aromatic nitrogens is 3. The summed E-state index contributed by atoms with van der Waals surface area (Å²) in [5.41, 5.74) is 2.41. The number of nitrogens with two attached hydrogens (primary N) is 1. The number of thiazole rings is 1. The Morgan fingerprint density at radius 3 is 2.59 bits per heavy atom. The fourth-order valence-corrected chi connectivity index (χ4v) is 8.77. The van der Waals surface area contributed by atoms with Gasteiger partial charge >= 0.3 is 12.2 Å². The largest absolute Gasteiger partial charge is 0.461 e. The Kier molecular flexibility index (Phi) is 7.03. The fourth-order valence-electron chi connectivity index (χ4n) is 8.00. The third-order valence-electron chi connectivity index (χ3n) is 9.97. The molecule has 3 N–H and O–H groups in total. The predicted octanol–water partition coefficient (Wildman–Crippen LogP) is 6.07. The zero-order valence-corrected chi connectivity index (χ0v) is 25.5. The van der Waals surface area contributed by atoms with Gasteiger partial charge in [-0.3, -0.25) is 4.90 Å². The second-order valence-electron chi connectivity index (χ2n) is 12.9. The van der Waals surface area contributed by atoms with Gasteiger partial charge in [0.1, 0.15) is 29.9 Å². The number of halogens is 6. The number of hydrogen-bond acceptors (Lipinski definition) is 9. The van der Waals surface area contributed by atoms with Gasteiger partial charge in [-0.15, -0.1) is 0 Å². The Labute approximate surface area is 263 Å². The fraction of sp³-hybridized carbons (Fsp3) is 0.516. The maximum Gasteiger partial charge on any atom is 0.417 e. The minimum Gasteiger partial charge on any atom is -0.461 e. The number of alkyl halides is 4. The van der Waals surface area contributed by atoms with E-state index in [-0.39, 0.29) is 62.3 Å². The summed E-state index contributed by atoms with van der Waals surface area (Å²) < 4.78 is 96.4. The number of ether oxygens (including phenoxy) is 1. The standard InChI is InChI=1S/C31H31F6N7OS/c32-15-10-30(7-2-8-44(30)11-15)14-45-29-41-24-19(27(42-29)43-12-16-3-1-4-17(13-43)39-16)9-20(31(35,36)37)22(23(24)34)18-5-6-21(33)26-25(18)40-28(38)46-26/h5-6,9,15-17,39H,1-4,7-8,10-14H2,(H2,38,40)/t15-,16?,17?,30+/m1/s1. The smallest absolute Gasteiger partial charge is 0.417 e. The molecule has 4 aliphatic rings. The Morgan fingerprint density at radius 1 is 1.04 bits per heavy atom. The van der Waals surface area contributed by atoms with Gasteiger partial charge in [-0.05, 0) is 50.4 Å². The van der Waals surface area contributed by atoms with Crippen molar-refractivity contribution in [1.82, 2.24) is 25.2 Å². The molecule has 0 amide bonds. The van der Waals surface area contributed by atoms with Gasteiger partial charge < -0.3 is 20.7 Å². The molecule has 0 aliphatic carbocycles. The van der Waals surface area contributed by atoms with Crippen LogP contribution in [0.25, 0.3) is 32.2 Å². The molecule has 244 valence electrons. The number of nitrogens with zero attached hydrogens (tertiary/aromatic N) is 5. The third kappa shape index (κ3) is 4.93. The number of benzene rings is 2. The molecule has 2 aromatic carbocycles. The molecule has 15 heteroatoms. The highest BCUT2D eigenvalue weighted by Gasteiger charge is 2.49. The molecule has 0 saturated carbocycles. The quantitative estimate of drug-likeness (QED) is 0.249. The minimum absolute atomic E-state index is 0.0663. The third-order valence-corrected chi connectivity index (χ3v) is 10.9. The van der Waals surface area contributed by atoms with Crippen molar-refractivity contribution in [1.29, 1.82) is 0 Å². The molecule has 8 rings (SSSR count). The Morgan fingerprint density at radius 2 is 1.83 bits per heavy atom. The average Bonchev–Trinajstić information content (AvgIpc) is 3.67. The number of rotatable bonds is 5. The summed E-state index contributed by atoms with van der Waals surface area (Å²) in [6.45, 7) is 2.04. The van der Waals surface area contributed by atoms with E-state index in [0.29, 0.717) is 26.1 Å². The lowest BCUT2D eigenvalue weighted by molar-refractivity contribution is -0.137. The van der Waals surface area contributed by atoms with Crippen LogP contribution in [0.5, 0.6) is 6.01 Å². The number of nitrogen functional groups attached to an aromatic ring is 1. The number of anilines is 2. The van der Waals surface area contributed by atoms with Crippen LogP contribution >= 0.6 is 11.3 Å². The van der Waals surface area contributed by atoms with E-state index in [1.165, 1.54) is 0 Å². The van der Waals surface area contributed by atoms with Gasteiger partial charge in [-0.1, -0.05) is 17.8 Å². The molecule has 4 fully saturated rings. The SMILES string of the molecule is Nc1nc2c(-c3c(C(F)(F)F)cc4c(N5CC6CCCC(C5)N6)nc(OC[C@@]56CCCN5C[C@H](F)C6)nc4c3F)ccc(F)c2s1. The van der Waals surface area contributed by atoms with Crippen LogP contribution in [-0.4, -0.2) is 76.4 Å². The zero-order chi connectivity index (χ0) is 32.0. The van der Waals surface area contributed by atoms with Crippen LogP contribution in [0.3, 0.4) is 0 Å². The van der Waals surface area contributed by atoms with Crippen molar-refractivity contribution in [2.75, 3.05) is 43.4 Å². The molecule has 4 atom stereocenters. The van der Waals surface area contributed by atoms with Crippen molar-refractivity contribution in [3.63, 3.8) is 0 Å². The predicted molar refractivity (Wildman–Crippen MR) is 163 cm³/mol. The zero-order valence-electron chi connectivity index (χ0n) is 24.6. The second kappa shape index (κ2) is 10.8. The van der Waals surface area contributed by atoms with Gasteiger partial charge in [0.25, 0.3) is 0 Å². The molecule has 2 unspecified atom stereocenters. The minimum atomic E-state index is -4.99. The Bertz CT molecular complexity index is 1840. The van der Waals surface area contributed by atoms with E-state index < -0.39 is 40.6 Å². The molecular weight excluding hydrogens is 632 g/mol. The summed E-state index contributed by atoms with van der Waals surface area (Å²) in [6.07, 6.45) is -1.27. The Balaban J connectivity index is 1.32. The van der Waals surface area contributed by atoms with E-state index >= 15 is 4.39 Å². The molecule has 2 bridgehead atoms. The second-order valence-corrected chi connectivity index (χ2v) is 14.0. The van der Waals surface area contributed by atoms with Crippen LogP contribution in [0, 0.1) is 11.6 Å². The number of piperidine rings is 1. The van der Waals surface area contributed by atoms with Crippen molar-refractivity contribution in [3.05, 3.63) is 35.4 Å². The Hall–Kier alpha value is -3.43. The molecule has 4 saturated heterocycles. The highest BCUT2D eigenvalue weighted by atomic mass is 32.1. The first kappa shape index (κ1) is 29.9. The summed E-state index contributed by atoms with van der Waals surface area (Å²) in [5.74, 6) is -1.83. The highest BCUT2D eigenvalue weighted by Crippen LogP contribution is 2.47. The molecule has 4 aromatic rings. The highest BCUT2D eigenvalue weighted by molar-refractivity contribution is 7.22. The molecule has 8 nitrogen and oxygen atoms in total. The number of fused-ring (bicyclic) bond motifs is 5. The van der Waals surface area contributed by atoms with Gasteiger partial charge in [0.2, 0.25) is 0 Å². The summed E-state index contributed by atoms with van der Waals surface area (Å²) in [7, 11) is 0. The molecule has 0 spiro atoms. The lowest BCUT2D eigenvalue weighted by atomic mass is 9.93. The monoisotopic (exact) mass is 663 g/mol. The van der Waals surface area contributed by atoms with Crippen LogP contribution in [-0.2, 0) is 6.18 Å². The van der Waals surface area contributed by atoms with Gasteiger partial charge in [0, 0.05) is 54.7 Å². The summed E-state index contributed by atoms with van der Waals surface area (Å²) >= 11 is 0.767. The maximum atomic E-state index is 16.9. The molecular formula is C31H31F6N7OS. The van der Waals surface area contributed by atoms with Crippen LogP contribution < -0.4 is 20.7 Å². The van der Waals surface area contributed by atoms with Crippen molar-refractivity contribution in [2.24, 2.45) is 0 Å². The van der Waals surface area contributed by atoms with Crippen molar-refractivity contribution >= 4 is 43.4 Å². The topological polar surface area (TPSA) is 92.4 Å². The summed E-state index contributed by atoms with van der Waals surface area (Å²) in [5, 5.41) is 3.37. The van der Waals surface area contributed by atoms with Crippen LogP contribution in [0.4, 0.5) is 37.3 Å². The van der Waals surface area contributed by atoms with Gasteiger partial charge in [0.15, 0.2) is 10.9 Å². The van der Waals surface area contributed by atoms with Gasteiger partial charge in [0.05, 0.1) is 21.3 Å². The van der Waals surface area contributed by atoms with E-state index in [4.69, 9.17) is 10.5 Å². The first-order chi connectivity index (χ1) is 22.0. The van der Waals surface area contributed by atoms with E-state index in [1.54, 1.807) is 0 Å². The van der Waals surface area contributed by atoms with E-state index in [0.717, 1.165) is 68.2 Å². The summed E-state index contributed by atoms with van der Waals surface area (Å²) in [6, 6.07) is 2.93. The lowest BCUT2D eigenvalue weighted by Crippen LogP contribution is -2.59. The van der Waals surface area contributed by atoms with Crippen LogP contribution in [0.2, 0.25) is 0 Å². The van der Waals surface area contributed by atoms with Gasteiger partial charge in [-0.2, -0.15) is 23.1 Å². The van der Waals surface area contributed by atoms with Crippen LogP contribution in [0.1, 0.15) is 44.1 Å². The molecule has 2 aromatic heterocycles. The first-order valence-electron chi connectivity index (χ1n) is 15.5. The van der Waals surface area contributed by atoms with Crippen molar-refractivity contribution < 1.29 is 31.1 Å². The number of nitrogens with one attached hydrogen (secondary N) is 1. The molecule has 6 heterocycles. The van der Waals surface area contributed by atoms with Crippen LogP contribution in [0.15, 0.2) is 18.2 Å². The van der Waals surface area contributed by atoms with E-state index in [2.05, 4.69) is 25.2 Å². The number of hydrogen-bond donors (Lipinski definition) is 2. The molecule has 4 aliphatic heterocycles. The first-order valence-corrected chi connectivity index (χ1v) is 16.3. The normalized spacial score (nSPS) is 26.7. The van der Waals surface area contributed by atoms with Gasteiger partial charge in [-0.25, -0.2) is 18.2 Å². The number of piperazine rings is 1. The van der Waals surface area contributed by atoms with E-state index in [9.17, 15) is 22.0 Å². The van der Waals surface area contributed by atoms with Crippen molar-refractivity contribution in [2.45, 2.75) is 68.5 Å². The van der Waals surface area contributed by atoms with Crippen molar-refractivity contribution in [3.8, 4) is 17.1 Å². The average molecular weight is 664 g/mol. The molecule has 0 radical (unpaired) electrons. The summed E-state index contributed by atoms with van der Waals surface area (Å²) in [4.78, 5) is 17.0. The lowest BCUT2D eigenvalue weighted by Gasteiger charge is -2.43. The van der Waals surface area contributed by atoms with E-state index in [1.807, 2.05) is 4.90 Å². The molecule has 46 heavy (non-hydrogen) atoms.